The normalized spacial score (nSPS) is 26.3. The second kappa shape index (κ2) is 7.12. The Bertz CT molecular complexity index is 199. The molecule has 1 fully saturated rings. The van der Waals surface area contributed by atoms with Crippen LogP contribution in [0.4, 0.5) is 0 Å². The van der Waals surface area contributed by atoms with Gasteiger partial charge in [-0.1, -0.05) is 19.8 Å². The van der Waals surface area contributed by atoms with Crippen molar-refractivity contribution in [3.8, 4) is 0 Å². The Morgan fingerprint density at radius 1 is 1.47 bits per heavy atom. The Morgan fingerprint density at radius 3 is 2.87 bits per heavy atom. The third-order valence-corrected chi connectivity index (χ3v) is 3.86. The van der Waals surface area contributed by atoms with E-state index in [9.17, 15) is 4.79 Å². The zero-order valence-electron chi connectivity index (χ0n) is 9.37. The van der Waals surface area contributed by atoms with Crippen LogP contribution in [-0.4, -0.2) is 35.2 Å². The summed E-state index contributed by atoms with van der Waals surface area (Å²) >= 11 is 1.49. The van der Waals surface area contributed by atoms with Crippen molar-refractivity contribution < 1.29 is 9.90 Å². The van der Waals surface area contributed by atoms with E-state index in [1.807, 2.05) is 0 Å². The summed E-state index contributed by atoms with van der Waals surface area (Å²) in [4.78, 5) is 11.5. The van der Waals surface area contributed by atoms with Crippen LogP contribution in [0.25, 0.3) is 0 Å². The fourth-order valence-corrected chi connectivity index (χ4v) is 2.55. The topological polar surface area (TPSA) is 49.3 Å². The molecule has 0 aliphatic heterocycles. The van der Waals surface area contributed by atoms with Gasteiger partial charge < -0.3 is 10.4 Å². The van der Waals surface area contributed by atoms with Gasteiger partial charge in [-0.05, 0) is 18.8 Å². The first-order chi connectivity index (χ1) is 7.24. The molecule has 1 saturated carbocycles. The molecule has 88 valence electrons. The summed E-state index contributed by atoms with van der Waals surface area (Å²) in [5.74, 6) is 1.86. The van der Waals surface area contributed by atoms with Gasteiger partial charge in [-0.2, -0.15) is 0 Å². The van der Waals surface area contributed by atoms with Crippen molar-refractivity contribution >= 4 is 17.7 Å². The number of rotatable bonds is 5. The molecule has 0 aromatic rings. The first-order valence-electron chi connectivity index (χ1n) is 5.72. The molecule has 0 heterocycles. The van der Waals surface area contributed by atoms with Crippen LogP contribution >= 0.6 is 11.8 Å². The van der Waals surface area contributed by atoms with Gasteiger partial charge in [-0.25, -0.2) is 0 Å². The molecule has 0 aromatic heterocycles. The predicted molar refractivity (Wildman–Crippen MR) is 64.0 cm³/mol. The van der Waals surface area contributed by atoms with Gasteiger partial charge in [0.05, 0.1) is 12.4 Å². The third-order valence-electron chi connectivity index (χ3n) is 2.93. The molecule has 0 spiro atoms. The number of carbonyl (C=O) groups is 1. The Hall–Kier alpha value is -0.220. The number of thioether (sulfide) groups is 1. The molecule has 3 nitrogen and oxygen atoms in total. The van der Waals surface area contributed by atoms with Crippen LogP contribution in [0.2, 0.25) is 0 Å². The summed E-state index contributed by atoms with van der Waals surface area (Å²) in [6.45, 7) is 2.36. The monoisotopic (exact) mass is 231 g/mol. The van der Waals surface area contributed by atoms with Gasteiger partial charge in [0.1, 0.15) is 0 Å². The minimum atomic E-state index is 0.118. The maximum atomic E-state index is 11.5. The Morgan fingerprint density at radius 2 is 2.20 bits per heavy atom. The number of amides is 1. The fourth-order valence-electron chi connectivity index (χ4n) is 2.01. The van der Waals surface area contributed by atoms with E-state index in [4.69, 9.17) is 5.11 Å². The fraction of sp³-hybridized carbons (Fsp3) is 0.909. The van der Waals surface area contributed by atoms with Gasteiger partial charge >= 0.3 is 0 Å². The van der Waals surface area contributed by atoms with Crippen LogP contribution in [0.15, 0.2) is 0 Å². The number of nitrogens with one attached hydrogen (secondary N) is 1. The lowest BCUT2D eigenvalue weighted by molar-refractivity contribution is -0.119. The quantitative estimate of drug-likeness (QED) is 0.703. The van der Waals surface area contributed by atoms with E-state index in [1.54, 1.807) is 0 Å². The van der Waals surface area contributed by atoms with Crippen LogP contribution in [0, 0.1) is 5.92 Å². The molecule has 0 radical (unpaired) electrons. The molecule has 1 rings (SSSR count). The molecule has 1 aliphatic rings. The average molecular weight is 231 g/mol. The number of aliphatic hydroxyl groups excluding tert-OH is 1. The highest BCUT2D eigenvalue weighted by molar-refractivity contribution is 7.99. The lowest BCUT2D eigenvalue weighted by Crippen LogP contribution is -2.41. The van der Waals surface area contributed by atoms with E-state index in [0.717, 1.165) is 6.42 Å². The Balaban J connectivity index is 2.18. The first-order valence-corrected chi connectivity index (χ1v) is 6.87. The SMILES string of the molecule is C[C@@H]1CCCC[C@H]1NC(=O)CSCCO. The van der Waals surface area contributed by atoms with E-state index >= 15 is 0 Å². The van der Waals surface area contributed by atoms with E-state index in [1.165, 1.54) is 31.0 Å². The third kappa shape index (κ3) is 4.89. The van der Waals surface area contributed by atoms with Crippen molar-refractivity contribution in [1.82, 2.24) is 5.32 Å². The molecular formula is C11H21NO2S. The molecular weight excluding hydrogens is 210 g/mol. The van der Waals surface area contributed by atoms with Crippen LogP contribution in [0.5, 0.6) is 0 Å². The van der Waals surface area contributed by atoms with Crippen molar-refractivity contribution in [2.75, 3.05) is 18.1 Å². The molecule has 1 aliphatic carbocycles. The first kappa shape index (κ1) is 12.8. The maximum Gasteiger partial charge on any atom is 0.230 e. The lowest BCUT2D eigenvalue weighted by atomic mass is 9.86. The Labute approximate surface area is 96.0 Å². The summed E-state index contributed by atoms with van der Waals surface area (Å²) in [6, 6.07) is 0.376. The number of hydrogen-bond donors (Lipinski definition) is 2. The summed E-state index contributed by atoms with van der Waals surface area (Å²) in [6.07, 6.45) is 4.89. The van der Waals surface area contributed by atoms with Crippen molar-refractivity contribution in [3.63, 3.8) is 0 Å². The zero-order chi connectivity index (χ0) is 11.1. The molecule has 0 bridgehead atoms. The van der Waals surface area contributed by atoms with Gasteiger partial charge in [-0.15, -0.1) is 11.8 Å². The number of hydrogen-bond acceptors (Lipinski definition) is 3. The van der Waals surface area contributed by atoms with Crippen molar-refractivity contribution in [1.29, 1.82) is 0 Å². The van der Waals surface area contributed by atoms with Gasteiger partial charge in [0, 0.05) is 11.8 Å². The highest BCUT2D eigenvalue weighted by Crippen LogP contribution is 2.23. The van der Waals surface area contributed by atoms with E-state index in [-0.39, 0.29) is 12.5 Å². The van der Waals surface area contributed by atoms with Gasteiger partial charge in [0.15, 0.2) is 0 Å². The van der Waals surface area contributed by atoms with Crippen LogP contribution in [-0.2, 0) is 4.79 Å². The van der Waals surface area contributed by atoms with E-state index in [0.29, 0.717) is 23.5 Å². The Kier molecular flexibility index (Phi) is 6.10. The summed E-state index contributed by atoms with van der Waals surface area (Å²) in [5.41, 5.74) is 0. The summed E-state index contributed by atoms with van der Waals surface area (Å²) < 4.78 is 0. The minimum Gasteiger partial charge on any atom is -0.396 e. The highest BCUT2D eigenvalue weighted by Gasteiger charge is 2.22. The summed E-state index contributed by atoms with van der Waals surface area (Å²) in [5, 5.41) is 11.7. The maximum absolute atomic E-state index is 11.5. The molecule has 1 amide bonds. The largest absolute Gasteiger partial charge is 0.396 e. The van der Waals surface area contributed by atoms with Crippen molar-refractivity contribution in [2.24, 2.45) is 5.92 Å². The van der Waals surface area contributed by atoms with Crippen molar-refractivity contribution in [2.45, 2.75) is 38.6 Å². The molecule has 2 atom stereocenters. The van der Waals surface area contributed by atoms with Crippen LogP contribution in [0.1, 0.15) is 32.6 Å². The standard InChI is InChI=1S/C11H21NO2S/c1-9-4-2-3-5-10(9)12-11(14)8-15-7-6-13/h9-10,13H,2-8H2,1H3,(H,12,14)/t9-,10-/m1/s1. The van der Waals surface area contributed by atoms with E-state index < -0.39 is 0 Å². The molecule has 2 N–H and O–H groups in total. The zero-order valence-corrected chi connectivity index (χ0v) is 10.2. The lowest BCUT2D eigenvalue weighted by Gasteiger charge is -2.29. The molecule has 0 unspecified atom stereocenters. The number of aliphatic hydroxyl groups is 1. The second-order valence-corrected chi connectivity index (χ2v) is 5.32. The molecule has 15 heavy (non-hydrogen) atoms. The van der Waals surface area contributed by atoms with E-state index in [2.05, 4.69) is 12.2 Å². The van der Waals surface area contributed by atoms with Crippen LogP contribution < -0.4 is 5.32 Å². The smallest absolute Gasteiger partial charge is 0.230 e. The molecule has 0 saturated heterocycles. The average Bonchev–Trinajstić information content (AvgIpc) is 2.22. The van der Waals surface area contributed by atoms with Crippen LogP contribution in [0.3, 0.4) is 0 Å². The number of carbonyl (C=O) groups excluding carboxylic acids is 1. The minimum absolute atomic E-state index is 0.118. The van der Waals surface area contributed by atoms with Gasteiger partial charge in [0.25, 0.3) is 0 Å². The predicted octanol–water partition coefficient (Wildman–Crippen LogP) is 1.41. The van der Waals surface area contributed by atoms with Gasteiger partial charge in [0.2, 0.25) is 5.91 Å². The summed E-state index contributed by atoms with van der Waals surface area (Å²) in [7, 11) is 0. The molecule has 4 heteroatoms. The van der Waals surface area contributed by atoms with Crippen molar-refractivity contribution in [3.05, 3.63) is 0 Å². The molecule has 0 aromatic carbocycles. The second-order valence-electron chi connectivity index (χ2n) is 4.21. The highest BCUT2D eigenvalue weighted by atomic mass is 32.2. The van der Waals surface area contributed by atoms with Gasteiger partial charge in [-0.3, -0.25) is 4.79 Å².